The molecule has 0 bridgehead atoms. The molecule has 166 valence electrons. The quantitative estimate of drug-likeness (QED) is 0.409. The van der Waals surface area contributed by atoms with E-state index in [2.05, 4.69) is 25.5 Å². The Morgan fingerprint density at radius 1 is 1.09 bits per heavy atom. The molecule has 3 heterocycles. The van der Waals surface area contributed by atoms with Crippen molar-refractivity contribution in [3.8, 4) is 16.5 Å². The molecule has 0 aliphatic heterocycles. The number of rotatable bonds is 6. The van der Waals surface area contributed by atoms with E-state index in [0.717, 1.165) is 27.7 Å². The van der Waals surface area contributed by atoms with Crippen LogP contribution >= 0.6 is 22.7 Å². The van der Waals surface area contributed by atoms with Gasteiger partial charge in [0.2, 0.25) is 4.96 Å². The maximum atomic E-state index is 12.2. The molecule has 0 spiro atoms. The lowest BCUT2D eigenvalue weighted by Gasteiger charge is -2.10. The number of hydrogen-bond acceptors (Lipinski definition) is 7. The zero-order chi connectivity index (χ0) is 22.7. The van der Waals surface area contributed by atoms with Gasteiger partial charge in [0.25, 0.3) is 0 Å². The molecule has 0 saturated heterocycles. The summed E-state index contributed by atoms with van der Waals surface area (Å²) in [5, 5.41) is 13.1. The number of carbonyl (C=O) groups excluding carboxylic acids is 2. The summed E-state index contributed by atoms with van der Waals surface area (Å²) in [6.45, 7) is 0.185. The summed E-state index contributed by atoms with van der Waals surface area (Å²) in [6, 6.07) is 8.31. The molecule has 4 rings (SSSR count). The number of thiazole rings is 1. The summed E-state index contributed by atoms with van der Waals surface area (Å²) < 4.78 is 42.0. The minimum Gasteiger partial charge on any atom is -0.406 e. The van der Waals surface area contributed by atoms with E-state index in [1.54, 1.807) is 4.52 Å². The molecule has 2 amide bonds. The molecule has 0 aliphatic carbocycles. The highest BCUT2D eigenvalue weighted by molar-refractivity contribution is 7.15. The average molecular weight is 481 g/mol. The van der Waals surface area contributed by atoms with Crippen molar-refractivity contribution < 1.29 is 27.5 Å². The first kappa shape index (κ1) is 21.8. The highest BCUT2D eigenvalue weighted by atomic mass is 32.1. The van der Waals surface area contributed by atoms with Gasteiger partial charge in [-0.1, -0.05) is 6.07 Å². The predicted molar refractivity (Wildman–Crippen MR) is 113 cm³/mol. The number of anilines is 1. The third kappa shape index (κ3) is 5.23. The Morgan fingerprint density at radius 3 is 2.56 bits per heavy atom. The fourth-order valence-electron chi connectivity index (χ4n) is 2.72. The van der Waals surface area contributed by atoms with Gasteiger partial charge in [-0.25, -0.2) is 4.52 Å². The number of nitrogens with zero attached hydrogens (tertiary/aromatic N) is 3. The van der Waals surface area contributed by atoms with E-state index in [4.69, 9.17) is 0 Å². The molecule has 3 aromatic heterocycles. The number of thiophene rings is 1. The van der Waals surface area contributed by atoms with Crippen molar-refractivity contribution in [2.24, 2.45) is 0 Å². The van der Waals surface area contributed by atoms with E-state index in [-0.39, 0.29) is 12.2 Å². The number of aromatic nitrogens is 3. The summed E-state index contributed by atoms with van der Waals surface area (Å²) in [6.07, 6.45) is -4.38. The molecule has 4 aromatic rings. The summed E-state index contributed by atoms with van der Waals surface area (Å²) >= 11 is 2.96. The first-order valence-corrected chi connectivity index (χ1v) is 10.9. The summed E-state index contributed by atoms with van der Waals surface area (Å²) in [7, 11) is 0. The van der Waals surface area contributed by atoms with Crippen LogP contribution in [0.1, 0.15) is 5.69 Å². The van der Waals surface area contributed by atoms with E-state index in [1.165, 1.54) is 34.8 Å². The van der Waals surface area contributed by atoms with Crippen LogP contribution in [0.2, 0.25) is 0 Å². The molecular formula is C19H14F3N5O3S2. The van der Waals surface area contributed by atoms with Crippen molar-refractivity contribution in [3.05, 3.63) is 52.9 Å². The second kappa shape index (κ2) is 8.96. The lowest BCUT2D eigenvalue weighted by molar-refractivity contribution is -0.274. The molecule has 13 heteroatoms. The Hall–Kier alpha value is -3.45. The number of carbonyl (C=O) groups is 2. The van der Waals surface area contributed by atoms with E-state index >= 15 is 0 Å². The Labute approximate surface area is 186 Å². The maximum Gasteiger partial charge on any atom is 0.573 e. The minimum absolute atomic E-state index is 0.155. The molecular weight excluding hydrogens is 467 g/mol. The number of halogens is 3. The van der Waals surface area contributed by atoms with Gasteiger partial charge >= 0.3 is 18.2 Å². The van der Waals surface area contributed by atoms with Crippen LogP contribution in [0, 0.1) is 0 Å². The number of hydrogen-bond donors (Lipinski definition) is 2. The molecule has 2 N–H and O–H groups in total. The third-order valence-corrected chi connectivity index (χ3v) is 5.84. The molecule has 8 nitrogen and oxygen atoms in total. The molecule has 0 saturated carbocycles. The first-order valence-electron chi connectivity index (χ1n) is 9.10. The van der Waals surface area contributed by atoms with Crippen molar-refractivity contribution in [2.75, 3.05) is 11.9 Å². The van der Waals surface area contributed by atoms with Gasteiger partial charge in [0, 0.05) is 24.0 Å². The standard InChI is InChI=1S/C19H14F3N5O3S2/c20-19(21,22)30-13-5-3-11(4-6-13)24-17(29)16(28)23-8-7-12-10-32-18-25-15(26-27(12)18)14-2-1-9-31-14/h1-6,9-10H,7-8H2,(H,23,28)(H,24,29). The number of fused-ring (bicyclic) bond motifs is 1. The van der Waals surface area contributed by atoms with Crippen LogP contribution in [-0.2, 0) is 16.0 Å². The van der Waals surface area contributed by atoms with Gasteiger partial charge in [-0.15, -0.1) is 40.9 Å². The third-order valence-electron chi connectivity index (χ3n) is 4.11. The van der Waals surface area contributed by atoms with Crippen LogP contribution in [0.5, 0.6) is 5.75 Å². The smallest absolute Gasteiger partial charge is 0.406 e. The van der Waals surface area contributed by atoms with Gasteiger partial charge in [-0.3, -0.25) is 9.59 Å². The van der Waals surface area contributed by atoms with Gasteiger partial charge < -0.3 is 15.4 Å². The van der Waals surface area contributed by atoms with Gasteiger partial charge in [0.05, 0.1) is 10.6 Å². The number of nitrogens with one attached hydrogen (secondary N) is 2. The average Bonchev–Trinajstić information content (AvgIpc) is 3.46. The van der Waals surface area contributed by atoms with E-state index < -0.39 is 23.9 Å². The molecule has 0 atom stereocenters. The molecule has 32 heavy (non-hydrogen) atoms. The summed E-state index contributed by atoms with van der Waals surface area (Å²) in [5.41, 5.74) is 0.990. The normalized spacial score (nSPS) is 11.5. The van der Waals surface area contributed by atoms with Gasteiger partial charge in [0.1, 0.15) is 5.75 Å². The van der Waals surface area contributed by atoms with Crippen molar-refractivity contribution >= 4 is 45.1 Å². The predicted octanol–water partition coefficient (Wildman–Crippen LogP) is 3.72. The van der Waals surface area contributed by atoms with E-state index in [1.807, 2.05) is 22.9 Å². The maximum absolute atomic E-state index is 12.2. The Morgan fingerprint density at radius 2 is 1.88 bits per heavy atom. The number of alkyl halides is 3. The van der Waals surface area contributed by atoms with E-state index in [0.29, 0.717) is 12.2 Å². The molecule has 1 aromatic carbocycles. The van der Waals surface area contributed by atoms with Crippen LogP contribution in [-0.4, -0.2) is 39.3 Å². The second-order valence-electron chi connectivity index (χ2n) is 6.37. The zero-order valence-electron chi connectivity index (χ0n) is 16.0. The second-order valence-corrected chi connectivity index (χ2v) is 8.15. The monoisotopic (exact) mass is 481 g/mol. The van der Waals surface area contributed by atoms with Crippen molar-refractivity contribution in [3.63, 3.8) is 0 Å². The fourth-order valence-corrected chi connectivity index (χ4v) is 4.23. The topological polar surface area (TPSA) is 97.6 Å². The van der Waals surface area contributed by atoms with Gasteiger partial charge in [-0.05, 0) is 35.7 Å². The number of benzene rings is 1. The van der Waals surface area contributed by atoms with Crippen LogP contribution in [0.25, 0.3) is 15.7 Å². The Bertz CT molecular complexity index is 1230. The zero-order valence-corrected chi connectivity index (χ0v) is 17.7. The van der Waals surface area contributed by atoms with Gasteiger partial charge in [0.15, 0.2) is 5.82 Å². The van der Waals surface area contributed by atoms with Crippen molar-refractivity contribution in [1.82, 2.24) is 19.9 Å². The largest absolute Gasteiger partial charge is 0.573 e. The van der Waals surface area contributed by atoms with Crippen LogP contribution in [0.4, 0.5) is 18.9 Å². The molecule has 0 radical (unpaired) electrons. The number of ether oxygens (including phenoxy) is 1. The Kier molecular flexibility index (Phi) is 6.10. The summed E-state index contributed by atoms with van der Waals surface area (Å²) in [4.78, 5) is 30.2. The van der Waals surface area contributed by atoms with Gasteiger partial charge in [-0.2, -0.15) is 4.98 Å². The van der Waals surface area contributed by atoms with Crippen LogP contribution in [0.15, 0.2) is 47.2 Å². The minimum atomic E-state index is -4.81. The van der Waals surface area contributed by atoms with Crippen molar-refractivity contribution in [2.45, 2.75) is 12.8 Å². The fraction of sp³-hybridized carbons (Fsp3) is 0.158. The van der Waals surface area contributed by atoms with E-state index in [9.17, 15) is 22.8 Å². The van der Waals surface area contributed by atoms with Crippen LogP contribution in [0.3, 0.4) is 0 Å². The lowest BCUT2D eigenvalue weighted by atomic mass is 10.3. The van der Waals surface area contributed by atoms with Crippen LogP contribution < -0.4 is 15.4 Å². The molecule has 0 fully saturated rings. The highest BCUT2D eigenvalue weighted by Gasteiger charge is 2.31. The highest BCUT2D eigenvalue weighted by Crippen LogP contribution is 2.25. The Balaban J connectivity index is 1.29. The first-order chi connectivity index (χ1) is 15.3. The van der Waals surface area contributed by atoms with Crippen molar-refractivity contribution in [1.29, 1.82) is 0 Å². The number of amides is 2. The SMILES string of the molecule is O=C(NCCc1csc2nc(-c3cccs3)nn12)C(=O)Nc1ccc(OC(F)(F)F)cc1. The molecule has 0 unspecified atom stereocenters. The summed E-state index contributed by atoms with van der Waals surface area (Å²) in [5.74, 6) is -1.61. The molecule has 0 aliphatic rings. The lowest BCUT2D eigenvalue weighted by Crippen LogP contribution is -2.36.